The first-order valence-corrected chi connectivity index (χ1v) is 4.04. The molecule has 0 unspecified atom stereocenters. The quantitative estimate of drug-likeness (QED) is 0.230. The maximum Gasteiger partial charge on any atom is 1.00 e. The summed E-state index contributed by atoms with van der Waals surface area (Å²) < 4.78 is 4.64. The third-order valence-corrected chi connectivity index (χ3v) is 1.31. The molecule has 0 amide bonds. The number of aliphatic carboxylic acids is 1. The fraction of sp³-hybridized carbons (Fsp3) is 0.750. The predicted octanol–water partition coefficient (Wildman–Crippen LogP) is -1.69. The van der Waals surface area contributed by atoms with E-state index in [4.69, 9.17) is 5.11 Å². The van der Waals surface area contributed by atoms with Crippen LogP contribution in [0.25, 0.3) is 0 Å². The molecule has 0 rings (SSSR count). The molecule has 0 heterocycles. The molecule has 0 radical (unpaired) electrons. The largest absolute Gasteiger partial charge is 1.00 e. The number of unbranched alkanes of at least 4 members (excludes halogenated alkanes) is 2. The van der Waals surface area contributed by atoms with Crippen LogP contribution in [0.15, 0.2) is 0 Å². The van der Waals surface area contributed by atoms with E-state index >= 15 is 0 Å². The summed E-state index contributed by atoms with van der Waals surface area (Å²) >= 11 is 0. The van der Waals surface area contributed by atoms with Crippen molar-refractivity contribution in [3.63, 3.8) is 0 Å². The number of hydrogen-bond donors (Lipinski definition) is 1. The second-order valence-electron chi connectivity index (χ2n) is 2.50. The first kappa shape index (κ1) is 15.0. The number of carbonyl (C=O) groups is 2. The molecule has 0 fully saturated rings. The van der Waals surface area contributed by atoms with Gasteiger partial charge in [0.15, 0.2) is 0 Å². The van der Waals surface area contributed by atoms with Gasteiger partial charge >= 0.3 is 30.8 Å². The summed E-state index contributed by atoms with van der Waals surface area (Å²) in [6, 6.07) is 0. The van der Waals surface area contributed by atoms with Gasteiger partial charge in [0.05, 0.1) is 6.61 Å². The monoisotopic (exact) mass is 182 g/mol. The Balaban J connectivity index is -0.000000605. The second kappa shape index (κ2) is 9.62. The van der Waals surface area contributed by atoms with Gasteiger partial charge in [0, 0.05) is 0 Å². The smallest absolute Gasteiger partial charge is 1.00 e. The molecule has 0 aromatic heterocycles. The van der Waals surface area contributed by atoms with Crippen LogP contribution in [-0.4, -0.2) is 23.7 Å². The van der Waals surface area contributed by atoms with Crippen molar-refractivity contribution in [2.75, 3.05) is 6.61 Å². The van der Waals surface area contributed by atoms with Gasteiger partial charge in [-0.15, -0.1) is 0 Å². The van der Waals surface area contributed by atoms with E-state index < -0.39 is 18.4 Å². The molecule has 4 nitrogen and oxygen atoms in total. The van der Waals surface area contributed by atoms with Crippen molar-refractivity contribution in [3.05, 3.63) is 0 Å². The molecule has 13 heavy (non-hydrogen) atoms. The minimum atomic E-state index is -1.14. The van der Waals surface area contributed by atoms with E-state index in [1.807, 2.05) is 6.92 Å². The van der Waals surface area contributed by atoms with E-state index in [1.165, 1.54) is 0 Å². The molecule has 0 aliphatic rings. The number of rotatable bonds is 6. The summed E-state index contributed by atoms with van der Waals surface area (Å²) in [6.45, 7) is 2.37. The summed E-state index contributed by atoms with van der Waals surface area (Å²) in [4.78, 5) is 20.6. The van der Waals surface area contributed by atoms with Crippen LogP contribution in [0.1, 0.15) is 34.0 Å². The number of ether oxygens (including phenoxy) is 1. The van der Waals surface area contributed by atoms with Crippen molar-refractivity contribution < 1.29 is 39.7 Å². The van der Waals surface area contributed by atoms with Gasteiger partial charge in [-0.05, 0) is 6.42 Å². The van der Waals surface area contributed by atoms with Crippen LogP contribution in [0.2, 0.25) is 0 Å². The van der Waals surface area contributed by atoms with Crippen LogP contribution < -0.4 is 18.9 Å². The van der Waals surface area contributed by atoms with E-state index in [0.717, 1.165) is 19.3 Å². The van der Waals surface area contributed by atoms with Crippen molar-refractivity contribution in [3.8, 4) is 0 Å². The maximum atomic E-state index is 10.6. The van der Waals surface area contributed by atoms with Crippen LogP contribution in [0.4, 0.5) is 0 Å². The normalized spacial score (nSPS) is 8.69. The van der Waals surface area contributed by atoms with Gasteiger partial charge in [-0.1, -0.05) is 19.8 Å². The van der Waals surface area contributed by atoms with Gasteiger partial charge in [0.25, 0.3) is 0 Å². The van der Waals surface area contributed by atoms with Crippen LogP contribution in [0.3, 0.4) is 0 Å². The van der Waals surface area contributed by atoms with Gasteiger partial charge in [-0.2, -0.15) is 0 Å². The Morgan fingerprint density at radius 2 is 2.00 bits per heavy atom. The number of carboxylic acid groups (broad SMARTS) is 1. The third-order valence-electron chi connectivity index (χ3n) is 1.31. The van der Waals surface area contributed by atoms with E-state index in [2.05, 4.69) is 4.74 Å². The van der Waals surface area contributed by atoms with Crippen molar-refractivity contribution in [2.45, 2.75) is 32.6 Å². The minimum absolute atomic E-state index is 0. The van der Waals surface area contributed by atoms with E-state index in [0.29, 0.717) is 6.61 Å². The van der Waals surface area contributed by atoms with E-state index in [9.17, 15) is 9.59 Å². The topological polar surface area (TPSA) is 63.6 Å². The fourth-order valence-electron chi connectivity index (χ4n) is 0.713. The van der Waals surface area contributed by atoms with Crippen LogP contribution >= 0.6 is 0 Å². The first-order chi connectivity index (χ1) is 5.66. The van der Waals surface area contributed by atoms with Crippen LogP contribution in [-0.2, 0) is 14.3 Å². The van der Waals surface area contributed by atoms with Gasteiger partial charge in [0.2, 0.25) is 0 Å². The molecule has 0 atom stereocenters. The second-order valence-corrected chi connectivity index (χ2v) is 2.50. The number of carboxylic acids is 1. The fourth-order valence-corrected chi connectivity index (χ4v) is 0.713. The van der Waals surface area contributed by atoms with E-state index in [1.54, 1.807) is 0 Å². The molecule has 5 heteroatoms. The van der Waals surface area contributed by atoms with E-state index in [-0.39, 0.29) is 20.3 Å². The van der Waals surface area contributed by atoms with Crippen molar-refractivity contribution >= 4 is 11.9 Å². The zero-order valence-electron chi connectivity index (χ0n) is 9.21. The van der Waals surface area contributed by atoms with Gasteiger partial charge in [-0.25, -0.2) is 0 Å². The molecule has 0 spiro atoms. The van der Waals surface area contributed by atoms with Gasteiger partial charge in [0.1, 0.15) is 6.42 Å². The molecule has 0 aliphatic heterocycles. The summed E-state index contributed by atoms with van der Waals surface area (Å²) in [6.07, 6.45) is 2.32. The molecule has 0 saturated heterocycles. The maximum absolute atomic E-state index is 10.6. The molecule has 1 N–H and O–H groups in total. The Kier molecular flexibility index (Phi) is 11.1. The zero-order chi connectivity index (χ0) is 9.40. The van der Waals surface area contributed by atoms with Crippen molar-refractivity contribution in [1.82, 2.24) is 0 Å². The molecule has 0 bridgehead atoms. The zero-order valence-corrected chi connectivity index (χ0v) is 8.21. The average molecular weight is 182 g/mol. The minimum Gasteiger partial charge on any atom is -1.00 e. The third kappa shape index (κ3) is 11.5. The Morgan fingerprint density at radius 3 is 2.46 bits per heavy atom. The summed E-state index contributed by atoms with van der Waals surface area (Å²) in [7, 11) is 0. The van der Waals surface area contributed by atoms with Crippen LogP contribution in [0, 0.1) is 0 Å². The standard InChI is InChI=1S/C8H14O4.Li.H/c1-2-3-4-5-12-8(11)6-7(9)10;;/h2-6H2,1H3,(H,9,10);;/q;+1;-1. The Bertz CT molecular complexity index is 163. The number of carbonyl (C=O) groups excluding carboxylic acids is 1. The summed E-state index contributed by atoms with van der Waals surface area (Å²) in [5.74, 6) is -1.80. The molecule has 72 valence electrons. The Morgan fingerprint density at radius 1 is 1.38 bits per heavy atom. The Labute approximate surface area is 91.3 Å². The molecule has 0 aliphatic carbocycles. The Hall–Kier alpha value is -0.463. The first-order valence-electron chi connectivity index (χ1n) is 4.04. The molecule has 0 aromatic rings. The summed E-state index contributed by atoms with van der Waals surface area (Å²) in [5, 5.41) is 8.19. The number of hydrogen-bond acceptors (Lipinski definition) is 3. The van der Waals surface area contributed by atoms with Gasteiger partial charge in [-0.3, -0.25) is 9.59 Å². The average Bonchev–Trinajstić information content (AvgIpc) is 1.97. The SMILES string of the molecule is CCCCCOC(=O)CC(=O)O.[H-].[Li+]. The summed E-state index contributed by atoms with van der Waals surface area (Å²) in [5.41, 5.74) is 0. The van der Waals surface area contributed by atoms with Crippen molar-refractivity contribution in [2.24, 2.45) is 0 Å². The van der Waals surface area contributed by atoms with Crippen LogP contribution in [0.5, 0.6) is 0 Å². The number of esters is 1. The van der Waals surface area contributed by atoms with Crippen molar-refractivity contribution in [1.29, 1.82) is 0 Å². The molecular weight excluding hydrogens is 167 g/mol. The molecule has 0 aromatic carbocycles. The molecule has 0 saturated carbocycles. The predicted molar refractivity (Wildman–Crippen MR) is 43.8 cm³/mol. The molecular formula is C8H15LiO4. The van der Waals surface area contributed by atoms with Gasteiger partial charge < -0.3 is 11.3 Å².